The molecule has 0 amide bonds. The molecule has 4 rings (SSSR count). The Balaban J connectivity index is 1.72. The highest BCUT2D eigenvalue weighted by Gasteiger charge is 2.38. The molecule has 1 fully saturated rings. The second kappa shape index (κ2) is 5.22. The lowest BCUT2D eigenvalue weighted by molar-refractivity contribution is 0.109. The monoisotopic (exact) mass is 298 g/mol. The summed E-state index contributed by atoms with van der Waals surface area (Å²) in [7, 11) is 2.30. The number of likely N-dealkylation sites (N-methyl/N-ethyl adjacent to an activating group) is 1. The molecule has 110 valence electrons. The van der Waals surface area contributed by atoms with E-state index >= 15 is 0 Å². The topological polar surface area (TPSA) is 19.0 Å². The minimum atomic E-state index is 0.669. The Kier molecular flexibility index (Phi) is 3.35. The van der Waals surface area contributed by atoms with E-state index in [1.54, 1.807) is 5.56 Å². The third-order valence-corrected chi connectivity index (χ3v) is 5.74. The second-order valence-corrected chi connectivity index (χ2v) is 7.08. The molecule has 1 aromatic carbocycles. The highest BCUT2D eigenvalue weighted by molar-refractivity contribution is 7.78. The third-order valence-electron chi connectivity index (χ3n) is 5.51. The van der Waals surface area contributed by atoms with Crippen molar-refractivity contribution < 1.29 is 0 Å². The van der Waals surface area contributed by atoms with Gasteiger partial charge < -0.3 is 9.88 Å². The summed E-state index contributed by atoms with van der Waals surface area (Å²) in [6, 6.07) is 7.44. The smallest absolute Gasteiger partial charge is 0.0459 e. The van der Waals surface area contributed by atoms with Gasteiger partial charge in [-0.25, -0.2) is 0 Å². The highest BCUT2D eigenvalue weighted by Crippen LogP contribution is 2.44. The predicted octanol–water partition coefficient (Wildman–Crippen LogP) is 3.91. The molecular weight excluding hydrogens is 276 g/mol. The highest BCUT2D eigenvalue weighted by atomic mass is 32.1. The maximum Gasteiger partial charge on any atom is 0.0459 e. The van der Waals surface area contributed by atoms with Crippen LogP contribution in [-0.4, -0.2) is 34.9 Å². The van der Waals surface area contributed by atoms with Gasteiger partial charge in [-0.15, -0.1) is 0 Å². The summed E-state index contributed by atoms with van der Waals surface area (Å²) in [4.78, 5) is 6.05. The van der Waals surface area contributed by atoms with Gasteiger partial charge in [0.05, 0.1) is 0 Å². The molecule has 0 spiro atoms. The molecule has 0 radical (unpaired) electrons. The summed E-state index contributed by atoms with van der Waals surface area (Å²) < 4.78 is 0. The van der Waals surface area contributed by atoms with E-state index in [1.807, 2.05) is 5.37 Å². The van der Waals surface area contributed by atoms with Crippen LogP contribution >= 0.6 is 12.2 Å². The van der Waals surface area contributed by atoms with E-state index in [2.05, 4.69) is 41.3 Å². The lowest BCUT2D eigenvalue weighted by Crippen LogP contribution is -2.47. The number of thiocarbonyl (C=S) groups is 1. The number of benzene rings is 1. The number of fused-ring (bicyclic) bond motifs is 2. The van der Waals surface area contributed by atoms with Crippen molar-refractivity contribution >= 4 is 28.5 Å². The maximum atomic E-state index is 5.01. The number of aromatic amines is 1. The van der Waals surface area contributed by atoms with Gasteiger partial charge in [0.25, 0.3) is 0 Å². The second-order valence-electron chi connectivity index (χ2n) is 6.75. The van der Waals surface area contributed by atoms with Gasteiger partial charge in [-0.05, 0) is 61.2 Å². The van der Waals surface area contributed by atoms with Crippen LogP contribution in [0.2, 0.25) is 0 Å². The summed E-state index contributed by atoms with van der Waals surface area (Å²) >= 11 is 5.01. The van der Waals surface area contributed by atoms with Crippen molar-refractivity contribution in [1.29, 1.82) is 0 Å². The normalized spacial score (nSPS) is 28.5. The van der Waals surface area contributed by atoms with Crippen LogP contribution in [0.3, 0.4) is 0 Å². The summed E-state index contributed by atoms with van der Waals surface area (Å²) in [6.45, 7) is 1.22. The SMILES string of the molecule is CN1C[C@H](CCC=S)CC2c3cccc4[nH]cc(c34)C[C@H]21. The lowest BCUT2D eigenvalue weighted by Gasteiger charge is -2.45. The van der Waals surface area contributed by atoms with Crippen molar-refractivity contribution in [2.75, 3.05) is 13.6 Å². The average Bonchev–Trinajstić information content (AvgIpc) is 2.91. The summed E-state index contributed by atoms with van der Waals surface area (Å²) in [6.07, 6.45) is 7.05. The first-order chi connectivity index (χ1) is 10.3. The van der Waals surface area contributed by atoms with Gasteiger partial charge in [0.15, 0.2) is 0 Å². The van der Waals surface area contributed by atoms with E-state index in [-0.39, 0.29) is 0 Å². The number of nitrogens with one attached hydrogen (secondary N) is 1. The Hall–Kier alpha value is -1.19. The van der Waals surface area contributed by atoms with Crippen molar-refractivity contribution in [1.82, 2.24) is 9.88 Å². The van der Waals surface area contributed by atoms with E-state index in [9.17, 15) is 0 Å². The molecule has 2 heterocycles. The number of aromatic nitrogens is 1. The van der Waals surface area contributed by atoms with Crippen molar-refractivity contribution in [3.8, 4) is 0 Å². The number of hydrogen-bond acceptors (Lipinski definition) is 2. The zero-order chi connectivity index (χ0) is 14.4. The first kappa shape index (κ1) is 13.5. The molecule has 1 saturated heterocycles. The van der Waals surface area contributed by atoms with Crippen LogP contribution in [0.15, 0.2) is 24.4 Å². The van der Waals surface area contributed by atoms with E-state index in [0.717, 1.165) is 12.3 Å². The zero-order valence-corrected chi connectivity index (χ0v) is 13.3. The predicted molar refractivity (Wildman–Crippen MR) is 92.2 cm³/mol. The Morgan fingerprint density at radius 1 is 1.43 bits per heavy atom. The van der Waals surface area contributed by atoms with Gasteiger partial charge in [0.1, 0.15) is 0 Å². The third kappa shape index (κ3) is 2.14. The van der Waals surface area contributed by atoms with Gasteiger partial charge in [0, 0.05) is 35.6 Å². The van der Waals surface area contributed by atoms with Crippen molar-refractivity contribution in [3.05, 3.63) is 35.5 Å². The Morgan fingerprint density at radius 2 is 2.33 bits per heavy atom. The molecule has 2 aromatic rings. The first-order valence-electron chi connectivity index (χ1n) is 8.00. The van der Waals surface area contributed by atoms with Crippen LogP contribution in [0, 0.1) is 5.92 Å². The summed E-state index contributed by atoms with van der Waals surface area (Å²) in [5.74, 6) is 1.47. The van der Waals surface area contributed by atoms with E-state index in [4.69, 9.17) is 12.2 Å². The largest absolute Gasteiger partial charge is 0.361 e. The summed E-state index contributed by atoms with van der Waals surface area (Å²) in [5.41, 5.74) is 4.38. The van der Waals surface area contributed by atoms with Gasteiger partial charge in [0.2, 0.25) is 0 Å². The van der Waals surface area contributed by atoms with Crippen LogP contribution in [0.4, 0.5) is 0 Å². The van der Waals surface area contributed by atoms with Gasteiger partial charge >= 0.3 is 0 Å². The fourth-order valence-electron chi connectivity index (χ4n) is 4.57. The molecule has 1 aliphatic heterocycles. The molecule has 1 unspecified atom stereocenters. The van der Waals surface area contributed by atoms with Gasteiger partial charge in [-0.2, -0.15) is 0 Å². The van der Waals surface area contributed by atoms with Crippen molar-refractivity contribution in [2.45, 2.75) is 37.6 Å². The first-order valence-corrected chi connectivity index (χ1v) is 8.48. The van der Waals surface area contributed by atoms with Crippen LogP contribution in [-0.2, 0) is 6.42 Å². The molecule has 0 bridgehead atoms. The van der Waals surface area contributed by atoms with Crippen molar-refractivity contribution in [2.24, 2.45) is 5.92 Å². The molecular formula is C18H22N2S. The number of hydrogen-bond donors (Lipinski definition) is 1. The molecule has 2 nitrogen and oxygen atoms in total. The molecule has 2 aliphatic rings. The lowest BCUT2D eigenvalue weighted by atomic mass is 9.72. The van der Waals surface area contributed by atoms with Gasteiger partial charge in [-0.3, -0.25) is 0 Å². The Labute approximate surface area is 131 Å². The molecule has 1 aromatic heterocycles. The minimum absolute atomic E-state index is 0.669. The minimum Gasteiger partial charge on any atom is -0.361 e. The van der Waals surface area contributed by atoms with Crippen molar-refractivity contribution in [3.63, 3.8) is 0 Å². The van der Waals surface area contributed by atoms with Crippen LogP contribution in [0.5, 0.6) is 0 Å². The molecule has 1 aliphatic carbocycles. The number of H-pyrrole nitrogens is 1. The number of nitrogens with zero attached hydrogens (tertiary/aromatic N) is 1. The quantitative estimate of drug-likeness (QED) is 0.866. The molecule has 21 heavy (non-hydrogen) atoms. The van der Waals surface area contributed by atoms with E-state index in [0.29, 0.717) is 12.0 Å². The number of rotatable bonds is 3. The molecule has 1 N–H and O–H groups in total. The van der Waals surface area contributed by atoms with E-state index < -0.39 is 0 Å². The number of piperidine rings is 1. The molecule has 0 saturated carbocycles. The fraction of sp³-hybridized carbons (Fsp3) is 0.500. The maximum absolute atomic E-state index is 5.01. The number of likely N-dealkylation sites (tertiary alicyclic amines) is 1. The molecule has 3 atom stereocenters. The Morgan fingerprint density at radius 3 is 3.19 bits per heavy atom. The standard InChI is InChI=1S/C18H22N2S/c1-20-11-12(4-3-7-21)8-15-14-5-2-6-16-18(14)13(10-19-16)9-17(15)20/h2,5-7,10,12,15,17,19H,3-4,8-9,11H2,1H3/t12-,15?,17-/m1/s1. The average molecular weight is 298 g/mol. The Bertz CT molecular complexity index is 675. The van der Waals surface area contributed by atoms with Gasteiger partial charge in [-0.1, -0.05) is 24.4 Å². The summed E-state index contributed by atoms with van der Waals surface area (Å²) in [5, 5.41) is 3.40. The zero-order valence-electron chi connectivity index (χ0n) is 12.5. The fourth-order valence-corrected chi connectivity index (χ4v) is 4.70. The van der Waals surface area contributed by atoms with Crippen LogP contribution in [0.1, 0.15) is 36.3 Å². The molecule has 3 heteroatoms. The van der Waals surface area contributed by atoms with Crippen LogP contribution in [0.25, 0.3) is 10.9 Å². The van der Waals surface area contributed by atoms with Crippen LogP contribution < -0.4 is 0 Å². The van der Waals surface area contributed by atoms with E-state index in [1.165, 1.54) is 42.3 Å².